The summed E-state index contributed by atoms with van der Waals surface area (Å²) < 4.78 is 7.40. The standard InChI is InChI=1S/C28H28N2O3S/c1-6-33-28(32)25-26(31)24(34-27(25)29-22-10-8-7-9-11-22)16-21-15-19(4)30(20(21)5)23-13-12-17(2)18(3)14-23/h7-16,31H,6H2,1-5H3/b24-16-,29-27?. The number of aromatic nitrogens is 1. The summed E-state index contributed by atoms with van der Waals surface area (Å²) in [6.45, 7) is 10.3. The van der Waals surface area contributed by atoms with Crippen LogP contribution in [0.2, 0.25) is 0 Å². The smallest absolute Gasteiger partial charge is 0.344 e. The molecule has 6 heteroatoms. The number of benzene rings is 2. The van der Waals surface area contributed by atoms with Crippen LogP contribution in [0, 0.1) is 27.7 Å². The van der Waals surface area contributed by atoms with E-state index in [1.807, 2.05) is 36.4 Å². The zero-order chi connectivity index (χ0) is 24.4. The van der Waals surface area contributed by atoms with Crippen LogP contribution >= 0.6 is 11.8 Å². The predicted molar refractivity (Wildman–Crippen MR) is 140 cm³/mol. The van der Waals surface area contributed by atoms with Gasteiger partial charge >= 0.3 is 5.97 Å². The second-order valence-corrected chi connectivity index (χ2v) is 9.27. The van der Waals surface area contributed by atoms with Crippen molar-refractivity contribution in [2.24, 2.45) is 4.99 Å². The zero-order valence-electron chi connectivity index (χ0n) is 20.0. The highest BCUT2D eigenvalue weighted by atomic mass is 32.2. The fraction of sp³-hybridized carbons (Fsp3) is 0.214. The molecule has 1 aromatic heterocycles. The third-order valence-corrected chi connectivity index (χ3v) is 6.88. The summed E-state index contributed by atoms with van der Waals surface area (Å²) in [6.07, 6.45) is 1.91. The van der Waals surface area contributed by atoms with Gasteiger partial charge in [-0.25, -0.2) is 9.79 Å². The summed E-state index contributed by atoms with van der Waals surface area (Å²) in [6, 6.07) is 17.9. The number of ether oxygens (including phenoxy) is 1. The second-order valence-electron chi connectivity index (χ2n) is 8.24. The topological polar surface area (TPSA) is 63.8 Å². The molecule has 0 aliphatic carbocycles. The molecule has 5 nitrogen and oxygen atoms in total. The number of nitrogens with zero attached hydrogens (tertiary/aromatic N) is 2. The van der Waals surface area contributed by atoms with Gasteiger partial charge in [0, 0.05) is 17.1 Å². The van der Waals surface area contributed by atoms with E-state index >= 15 is 0 Å². The molecule has 34 heavy (non-hydrogen) atoms. The van der Waals surface area contributed by atoms with Crippen LogP contribution in [-0.4, -0.2) is 27.3 Å². The minimum absolute atomic E-state index is 0.102. The molecule has 174 valence electrons. The molecule has 0 unspecified atom stereocenters. The van der Waals surface area contributed by atoms with E-state index in [1.165, 1.54) is 22.9 Å². The van der Waals surface area contributed by atoms with Crippen LogP contribution < -0.4 is 0 Å². The highest BCUT2D eigenvalue weighted by molar-refractivity contribution is 8.18. The third-order valence-electron chi connectivity index (χ3n) is 5.86. The van der Waals surface area contributed by atoms with Crippen molar-refractivity contribution < 1.29 is 14.6 Å². The number of hydrogen-bond acceptors (Lipinski definition) is 5. The van der Waals surface area contributed by atoms with Crippen molar-refractivity contribution >= 4 is 34.5 Å². The van der Waals surface area contributed by atoms with Gasteiger partial charge in [0.25, 0.3) is 0 Å². The summed E-state index contributed by atoms with van der Waals surface area (Å²) in [5.74, 6) is -0.680. The van der Waals surface area contributed by atoms with Crippen LogP contribution in [-0.2, 0) is 9.53 Å². The van der Waals surface area contributed by atoms with Gasteiger partial charge < -0.3 is 14.4 Å². The van der Waals surface area contributed by atoms with Gasteiger partial charge in [0.1, 0.15) is 16.4 Å². The first-order valence-corrected chi connectivity index (χ1v) is 12.0. The Labute approximate surface area is 204 Å². The Morgan fingerprint density at radius 2 is 1.79 bits per heavy atom. The first kappa shape index (κ1) is 23.6. The fourth-order valence-electron chi connectivity index (χ4n) is 3.95. The first-order chi connectivity index (χ1) is 16.3. The number of hydrogen-bond donors (Lipinski definition) is 1. The molecule has 2 heterocycles. The highest BCUT2D eigenvalue weighted by Crippen LogP contribution is 2.41. The van der Waals surface area contributed by atoms with Gasteiger partial charge in [0.05, 0.1) is 17.2 Å². The van der Waals surface area contributed by atoms with Crippen LogP contribution in [0.5, 0.6) is 0 Å². The average molecular weight is 473 g/mol. The molecule has 0 radical (unpaired) electrons. The second kappa shape index (κ2) is 9.77. The Kier molecular flexibility index (Phi) is 6.80. The minimum Gasteiger partial charge on any atom is -0.506 e. The number of aliphatic hydroxyl groups excluding tert-OH is 1. The molecule has 1 aliphatic rings. The minimum atomic E-state index is -0.578. The lowest BCUT2D eigenvalue weighted by Gasteiger charge is -2.12. The summed E-state index contributed by atoms with van der Waals surface area (Å²) in [4.78, 5) is 17.8. The molecule has 2 aromatic carbocycles. The molecule has 0 spiro atoms. The van der Waals surface area contributed by atoms with Crippen molar-refractivity contribution in [1.82, 2.24) is 4.57 Å². The van der Waals surface area contributed by atoms with Gasteiger partial charge in [0.2, 0.25) is 0 Å². The molecule has 0 saturated heterocycles. The van der Waals surface area contributed by atoms with E-state index in [2.05, 4.69) is 61.5 Å². The normalized spacial score (nSPS) is 16.0. The lowest BCUT2D eigenvalue weighted by molar-refractivity contribution is -0.138. The van der Waals surface area contributed by atoms with Gasteiger partial charge in [-0.15, -0.1) is 0 Å². The highest BCUT2D eigenvalue weighted by Gasteiger charge is 2.33. The Morgan fingerprint density at radius 1 is 1.06 bits per heavy atom. The average Bonchev–Trinajstić information content (AvgIpc) is 3.26. The third kappa shape index (κ3) is 4.59. The Balaban J connectivity index is 1.78. The molecule has 1 N–H and O–H groups in total. The maximum Gasteiger partial charge on any atom is 0.344 e. The van der Waals surface area contributed by atoms with Crippen molar-refractivity contribution in [3.05, 3.63) is 98.9 Å². The SMILES string of the molecule is CCOC(=O)C1=C(O)/C(=C/c2cc(C)n(-c3ccc(C)c(C)c3)c2C)SC1=Nc1ccccc1. The zero-order valence-corrected chi connectivity index (χ0v) is 20.9. The number of carbonyl (C=O) groups excluding carboxylic acids is 1. The summed E-state index contributed by atoms with van der Waals surface area (Å²) in [5, 5.41) is 11.4. The molecule has 3 aromatic rings. The van der Waals surface area contributed by atoms with Crippen LogP contribution in [0.1, 0.15) is 35.0 Å². The lowest BCUT2D eigenvalue weighted by atomic mass is 10.1. The van der Waals surface area contributed by atoms with Crippen molar-refractivity contribution in [3.8, 4) is 5.69 Å². The van der Waals surface area contributed by atoms with E-state index in [4.69, 9.17) is 4.74 Å². The van der Waals surface area contributed by atoms with Gasteiger partial charge in [-0.2, -0.15) is 0 Å². The fourth-order valence-corrected chi connectivity index (χ4v) is 4.97. The molecular weight excluding hydrogens is 444 g/mol. The quantitative estimate of drug-likeness (QED) is 0.410. The summed E-state index contributed by atoms with van der Waals surface area (Å²) in [7, 11) is 0. The Bertz CT molecular complexity index is 1350. The van der Waals surface area contributed by atoms with Gasteiger partial charge in [-0.3, -0.25) is 0 Å². The van der Waals surface area contributed by atoms with Crippen LogP contribution in [0.15, 0.2) is 75.8 Å². The number of esters is 1. The number of thioether (sulfide) groups is 1. The molecule has 0 amide bonds. The predicted octanol–water partition coefficient (Wildman–Crippen LogP) is 6.90. The van der Waals surface area contributed by atoms with E-state index in [-0.39, 0.29) is 17.9 Å². The van der Waals surface area contributed by atoms with Gasteiger partial charge in [-0.1, -0.05) is 36.0 Å². The molecule has 0 fully saturated rings. The summed E-state index contributed by atoms with van der Waals surface area (Å²) in [5.41, 5.74) is 7.49. The molecule has 0 saturated carbocycles. The van der Waals surface area contributed by atoms with Crippen molar-refractivity contribution in [2.45, 2.75) is 34.6 Å². The molecule has 1 aliphatic heterocycles. The van der Waals surface area contributed by atoms with E-state index in [0.717, 1.165) is 22.6 Å². The Morgan fingerprint density at radius 3 is 2.47 bits per heavy atom. The molecule has 4 rings (SSSR count). The lowest BCUT2D eigenvalue weighted by Crippen LogP contribution is -2.12. The number of aliphatic imine (C=N–C) groups is 1. The number of para-hydroxylation sites is 1. The maximum atomic E-state index is 12.7. The molecular formula is C28H28N2O3S. The molecule has 0 atom stereocenters. The van der Waals surface area contributed by atoms with Crippen molar-refractivity contribution in [2.75, 3.05) is 6.61 Å². The van der Waals surface area contributed by atoms with Gasteiger partial charge in [0.15, 0.2) is 0 Å². The summed E-state index contributed by atoms with van der Waals surface area (Å²) >= 11 is 1.27. The van der Waals surface area contributed by atoms with Gasteiger partial charge in [-0.05, 0) is 87.7 Å². The van der Waals surface area contributed by atoms with E-state index in [0.29, 0.717) is 15.6 Å². The van der Waals surface area contributed by atoms with Crippen molar-refractivity contribution in [1.29, 1.82) is 0 Å². The number of rotatable bonds is 5. The first-order valence-electron chi connectivity index (χ1n) is 11.2. The number of aliphatic hydroxyl groups is 1. The van der Waals surface area contributed by atoms with Crippen LogP contribution in [0.3, 0.4) is 0 Å². The largest absolute Gasteiger partial charge is 0.506 e. The monoisotopic (exact) mass is 472 g/mol. The van der Waals surface area contributed by atoms with Crippen LogP contribution in [0.25, 0.3) is 11.8 Å². The van der Waals surface area contributed by atoms with E-state index < -0.39 is 5.97 Å². The van der Waals surface area contributed by atoms with E-state index in [1.54, 1.807) is 6.92 Å². The van der Waals surface area contributed by atoms with E-state index in [9.17, 15) is 9.90 Å². The maximum absolute atomic E-state index is 12.7. The Hall–Kier alpha value is -3.51. The van der Waals surface area contributed by atoms with Crippen molar-refractivity contribution in [3.63, 3.8) is 0 Å². The molecule has 0 bridgehead atoms. The number of carbonyl (C=O) groups is 1. The van der Waals surface area contributed by atoms with Crippen LogP contribution in [0.4, 0.5) is 5.69 Å². The number of aryl methyl sites for hydroxylation is 3.